The van der Waals surface area contributed by atoms with E-state index in [1.54, 1.807) is 18.2 Å². The van der Waals surface area contributed by atoms with Crippen LogP contribution in [0.5, 0.6) is 5.75 Å². The normalized spacial score (nSPS) is 10.5. The van der Waals surface area contributed by atoms with Gasteiger partial charge in [0.2, 0.25) is 5.91 Å². The van der Waals surface area contributed by atoms with E-state index >= 15 is 0 Å². The third-order valence-electron chi connectivity index (χ3n) is 4.73. The predicted molar refractivity (Wildman–Crippen MR) is 127 cm³/mol. The maximum Gasteiger partial charge on any atom is 0.255 e. The maximum absolute atomic E-state index is 13.4. The number of carbonyl (C=O) groups is 2. The average molecular weight is 462 g/mol. The molecule has 0 aliphatic carbocycles. The van der Waals surface area contributed by atoms with Gasteiger partial charge in [0.25, 0.3) is 5.91 Å². The minimum Gasteiger partial charge on any atom is -0.495 e. The number of rotatable bonds is 7. The molecule has 0 aliphatic heterocycles. The van der Waals surface area contributed by atoms with Gasteiger partial charge in [-0.25, -0.2) is 9.37 Å². The lowest BCUT2D eigenvalue weighted by atomic mass is 10.2. The van der Waals surface area contributed by atoms with Gasteiger partial charge in [-0.2, -0.15) is 0 Å². The molecule has 0 unspecified atom stereocenters. The van der Waals surface area contributed by atoms with Crippen molar-refractivity contribution in [2.75, 3.05) is 17.7 Å². The lowest BCUT2D eigenvalue weighted by molar-refractivity contribution is -0.115. The van der Waals surface area contributed by atoms with Crippen LogP contribution in [0.3, 0.4) is 0 Å². The highest BCUT2D eigenvalue weighted by atomic mass is 32.1. The van der Waals surface area contributed by atoms with E-state index in [-0.39, 0.29) is 17.9 Å². The van der Waals surface area contributed by atoms with Crippen molar-refractivity contribution in [1.29, 1.82) is 0 Å². The molecule has 8 heteroatoms. The van der Waals surface area contributed by atoms with Crippen LogP contribution in [0.25, 0.3) is 10.6 Å². The number of thiazole rings is 1. The Balaban J connectivity index is 1.44. The SMILES string of the molecule is COc1ccc(NC(=O)Cc2csc(-c3ccccc3)n2)cc1NC(=O)c1cccc(F)c1. The number of amides is 2. The van der Waals surface area contributed by atoms with Crippen molar-refractivity contribution >= 4 is 34.5 Å². The average Bonchev–Trinajstić information content (AvgIpc) is 3.28. The molecule has 2 N–H and O–H groups in total. The fraction of sp³-hybridized carbons (Fsp3) is 0.0800. The zero-order chi connectivity index (χ0) is 23.2. The molecule has 4 rings (SSSR count). The fourth-order valence-corrected chi connectivity index (χ4v) is 4.00. The van der Waals surface area contributed by atoms with E-state index in [9.17, 15) is 14.0 Å². The van der Waals surface area contributed by atoms with Crippen LogP contribution in [0.15, 0.2) is 78.2 Å². The molecule has 0 saturated carbocycles. The van der Waals surface area contributed by atoms with Crippen LogP contribution in [0.4, 0.5) is 15.8 Å². The summed E-state index contributed by atoms with van der Waals surface area (Å²) >= 11 is 1.48. The first-order valence-electron chi connectivity index (χ1n) is 10.1. The Labute approximate surface area is 194 Å². The largest absolute Gasteiger partial charge is 0.495 e. The first-order chi connectivity index (χ1) is 16.0. The van der Waals surface area contributed by atoms with E-state index in [1.165, 1.54) is 36.6 Å². The molecule has 6 nitrogen and oxygen atoms in total. The van der Waals surface area contributed by atoms with Crippen molar-refractivity contribution in [3.63, 3.8) is 0 Å². The summed E-state index contributed by atoms with van der Waals surface area (Å²) in [4.78, 5) is 29.6. The molecule has 2 amide bonds. The summed E-state index contributed by atoms with van der Waals surface area (Å²) in [6.45, 7) is 0. The Kier molecular flexibility index (Phi) is 6.75. The third kappa shape index (κ3) is 5.61. The molecule has 0 aliphatic rings. The Bertz CT molecular complexity index is 1290. The van der Waals surface area contributed by atoms with Crippen LogP contribution in [-0.2, 0) is 11.2 Å². The molecule has 0 atom stereocenters. The summed E-state index contributed by atoms with van der Waals surface area (Å²) in [6, 6.07) is 20.0. The lowest BCUT2D eigenvalue weighted by Crippen LogP contribution is -2.16. The number of methoxy groups -OCH3 is 1. The van der Waals surface area contributed by atoms with E-state index in [4.69, 9.17) is 4.74 Å². The quantitative estimate of drug-likeness (QED) is 0.387. The minimum atomic E-state index is -0.506. The number of nitrogens with zero attached hydrogens (tertiary/aromatic N) is 1. The predicted octanol–water partition coefficient (Wildman–Crippen LogP) is 5.39. The van der Waals surface area contributed by atoms with E-state index in [1.807, 2.05) is 35.7 Å². The number of halogens is 1. The van der Waals surface area contributed by atoms with Crippen LogP contribution >= 0.6 is 11.3 Å². The van der Waals surface area contributed by atoms with Crippen LogP contribution in [0.2, 0.25) is 0 Å². The molecule has 1 heterocycles. The summed E-state index contributed by atoms with van der Waals surface area (Å²) in [6.07, 6.45) is 0.111. The van der Waals surface area contributed by atoms with Crippen molar-refractivity contribution in [2.45, 2.75) is 6.42 Å². The Morgan fingerprint density at radius 1 is 1.00 bits per heavy atom. The van der Waals surface area contributed by atoms with Gasteiger partial charge in [0.15, 0.2) is 0 Å². The van der Waals surface area contributed by atoms with E-state index in [2.05, 4.69) is 15.6 Å². The number of hydrogen-bond acceptors (Lipinski definition) is 5. The number of aromatic nitrogens is 1. The number of anilines is 2. The number of ether oxygens (including phenoxy) is 1. The summed E-state index contributed by atoms with van der Waals surface area (Å²) in [5.74, 6) is -0.836. The van der Waals surface area contributed by atoms with Crippen molar-refractivity contribution in [2.24, 2.45) is 0 Å². The van der Waals surface area contributed by atoms with Gasteiger partial charge in [-0.15, -0.1) is 11.3 Å². The summed E-state index contributed by atoms with van der Waals surface area (Å²) in [5, 5.41) is 8.22. The molecule has 3 aromatic carbocycles. The summed E-state index contributed by atoms with van der Waals surface area (Å²) in [5.41, 5.74) is 2.68. The first-order valence-corrected chi connectivity index (χ1v) is 10.9. The molecule has 0 bridgehead atoms. The van der Waals surface area contributed by atoms with E-state index < -0.39 is 11.7 Å². The van der Waals surface area contributed by atoms with Gasteiger partial charge >= 0.3 is 0 Å². The Morgan fingerprint density at radius 3 is 2.58 bits per heavy atom. The number of benzene rings is 3. The molecule has 0 fully saturated rings. The zero-order valence-corrected chi connectivity index (χ0v) is 18.5. The van der Waals surface area contributed by atoms with Gasteiger partial charge in [0.05, 0.1) is 24.9 Å². The molecular weight excluding hydrogens is 441 g/mol. The molecule has 1 aromatic heterocycles. The van der Waals surface area contributed by atoms with Crippen LogP contribution in [0.1, 0.15) is 16.1 Å². The minimum absolute atomic E-state index is 0.111. The second-order valence-electron chi connectivity index (χ2n) is 7.11. The Hall–Kier alpha value is -4.04. The van der Waals surface area contributed by atoms with Gasteiger partial charge < -0.3 is 15.4 Å². The molecule has 166 valence electrons. The smallest absolute Gasteiger partial charge is 0.255 e. The molecule has 4 aromatic rings. The molecular formula is C25H20FN3O3S. The number of hydrogen-bond donors (Lipinski definition) is 2. The highest BCUT2D eigenvalue weighted by Crippen LogP contribution is 2.29. The summed E-state index contributed by atoms with van der Waals surface area (Å²) in [7, 11) is 1.47. The van der Waals surface area contributed by atoms with Crippen LogP contribution in [-0.4, -0.2) is 23.9 Å². The van der Waals surface area contributed by atoms with E-state index in [0.717, 1.165) is 16.6 Å². The van der Waals surface area contributed by atoms with Gasteiger partial charge in [-0.3, -0.25) is 9.59 Å². The summed E-state index contributed by atoms with van der Waals surface area (Å²) < 4.78 is 18.7. The van der Waals surface area contributed by atoms with Crippen molar-refractivity contribution in [3.05, 3.63) is 95.3 Å². The molecule has 33 heavy (non-hydrogen) atoms. The Morgan fingerprint density at radius 2 is 1.82 bits per heavy atom. The lowest BCUT2D eigenvalue weighted by Gasteiger charge is -2.13. The highest BCUT2D eigenvalue weighted by Gasteiger charge is 2.14. The van der Waals surface area contributed by atoms with Crippen LogP contribution in [0, 0.1) is 5.82 Å². The molecule has 0 spiro atoms. The fourth-order valence-electron chi connectivity index (χ4n) is 3.18. The van der Waals surface area contributed by atoms with E-state index in [0.29, 0.717) is 22.8 Å². The third-order valence-corrected chi connectivity index (χ3v) is 5.67. The molecule has 0 saturated heterocycles. The molecule has 0 radical (unpaired) electrons. The van der Waals surface area contributed by atoms with Crippen molar-refractivity contribution in [3.8, 4) is 16.3 Å². The second kappa shape index (κ2) is 10.1. The first kappa shape index (κ1) is 22.2. The number of nitrogens with one attached hydrogen (secondary N) is 2. The second-order valence-corrected chi connectivity index (χ2v) is 7.97. The van der Waals surface area contributed by atoms with Crippen molar-refractivity contribution < 1.29 is 18.7 Å². The topological polar surface area (TPSA) is 80.3 Å². The monoisotopic (exact) mass is 461 g/mol. The van der Waals surface area contributed by atoms with Crippen molar-refractivity contribution in [1.82, 2.24) is 4.98 Å². The standard InChI is InChI=1S/C25H20FN3O3S/c1-32-22-11-10-19(13-21(22)29-24(31)17-8-5-9-18(26)12-17)27-23(30)14-20-15-33-25(28-20)16-6-3-2-4-7-16/h2-13,15H,14H2,1H3,(H,27,30)(H,29,31). The van der Waals surface area contributed by atoms with Gasteiger partial charge in [0.1, 0.15) is 16.6 Å². The van der Waals surface area contributed by atoms with Gasteiger partial charge in [-0.1, -0.05) is 36.4 Å². The highest BCUT2D eigenvalue weighted by molar-refractivity contribution is 7.13. The maximum atomic E-state index is 13.4. The van der Waals surface area contributed by atoms with Crippen LogP contribution < -0.4 is 15.4 Å². The van der Waals surface area contributed by atoms with Gasteiger partial charge in [-0.05, 0) is 36.4 Å². The van der Waals surface area contributed by atoms with Gasteiger partial charge in [0, 0.05) is 22.2 Å². The zero-order valence-electron chi connectivity index (χ0n) is 17.7. The number of carbonyl (C=O) groups excluding carboxylic acids is 2.